The van der Waals surface area contributed by atoms with E-state index in [0.717, 1.165) is 22.9 Å². The van der Waals surface area contributed by atoms with Crippen LogP contribution in [0.3, 0.4) is 0 Å². The van der Waals surface area contributed by atoms with Crippen LogP contribution in [0.1, 0.15) is 30.9 Å². The van der Waals surface area contributed by atoms with Crippen LogP contribution in [0.5, 0.6) is 11.5 Å². The molecule has 1 aromatic heterocycles. The standard InChI is InChI=1S/C17H21N3O2/c1-17(6-7-17)13-8-16(20-19-11-13)18-10-12-4-5-14(21-2)9-15(12)22-3/h4-5,8-9,11H,6-7,10H2,1-3H3,(H,18,20). The van der Waals surface area contributed by atoms with Crippen molar-refractivity contribution in [2.24, 2.45) is 0 Å². The zero-order valence-electron chi connectivity index (χ0n) is 13.2. The Morgan fingerprint density at radius 1 is 1.18 bits per heavy atom. The normalized spacial score (nSPS) is 15.2. The maximum absolute atomic E-state index is 5.41. The van der Waals surface area contributed by atoms with Gasteiger partial charge in [0.25, 0.3) is 0 Å². The summed E-state index contributed by atoms with van der Waals surface area (Å²) in [6.07, 6.45) is 4.32. The number of anilines is 1. The van der Waals surface area contributed by atoms with E-state index in [2.05, 4.69) is 28.5 Å². The minimum atomic E-state index is 0.296. The Hall–Kier alpha value is -2.30. The van der Waals surface area contributed by atoms with Crippen molar-refractivity contribution < 1.29 is 9.47 Å². The lowest BCUT2D eigenvalue weighted by Crippen LogP contribution is -2.07. The highest BCUT2D eigenvalue weighted by Gasteiger charge is 2.39. The molecule has 0 atom stereocenters. The van der Waals surface area contributed by atoms with Crippen LogP contribution in [0, 0.1) is 0 Å². The predicted octanol–water partition coefficient (Wildman–Crippen LogP) is 3.16. The summed E-state index contributed by atoms with van der Waals surface area (Å²) in [5.74, 6) is 2.37. The molecule has 1 aliphatic carbocycles. The van der Waals surface area contributed by atoms with E-state index in [4.69, 9.17) is 9.47 Å². The first-order valence-corrected chi connectivity index (χ1v) is 7.42. The van der Waals surface area contributed by atoms with Crippen molar-refractivity contribution in [3.05, 3.63) is 41.6 Å². The molecule has 0 aliphatic heterocycles. The van der Waals surface area contributed by atoms with Gasteiger partial charge in [-0.1, -0.05) is 6.92 Å². The molecule has 1 heterocycles. The molecule has 5 nitrogen and oxygen atoms in total. The van der Waals surface area contributed by atoms with Crippen molar-refractivity contribution in [2.45, 2.75) is 31.7 Å². The van der Waals surface area contributed by atoms with Gasteiger partial charge < -0.3 is 14.8 Å². The third-order valence-corrected chi connectivity index (χ3v) is 4.31. The van der Waals surface area contributed by atoms with E-state index in [9.17, 15) is 0 Å². The minimum absolute atomic E-state index is 0.296. The van der Waals surface area contributed by atoms with Crippen LogP contribution in [0.2, 0.25) is 0 Å². The number of aromatic nitrogens is 2. The van der Waals surface area contributed by atoms with Gasteiger partial charge in [0.2, 0.25) is 0 Å². The Morgan fingerprint density at radius 2 is 2.00 bits per heavy atom. The first-order chi connectivity index (χ1) is 10.6. The van der Waals surface area contributed by atoms with Gasteiger partial charge in [0.1, 0.15) is 17.3 Å². The number of hydrogen-bond acceptors (Lipinski definition) is 5. The Morgan fingerprint density at radius 3 is 2.68 bits per heavy atom. The fraction of sp³-hybridized carbons (Fsp3) is 0.412. The number of methoxy groups -OCH3 is 2. The van der Waals surface area contributed by atoms with Crippen molar-refractivity contribution >= 4 is 5.82 Å². The van der Waals surface area contributed by atoms with Gasteiger partial charge in [-0.2, -0.15) is 5.10 Å². The van der Waals surface area contributed by atoms with Gasteiger partial charge in [-0.15, -0.1) is 5.10 Å². The molecule has 3 rings (SSSR count). The first-order valence-electron chi connectivity index (χ1n) is 7.42. The van der Waals surface area contributed by atoms with Crippen LogP contribution < -0.4 is 14.8 Å². The van der Waals surface area contributed by atoms with Gasteiger partial charge >= 0.3 is 0 Å². The number of nitrogens with zero attached hydrogens (tertiary/aromatic N) is 2. The fourth-order valence-corrected chi connectivity index (χ4v) is 2.44. The number of rotatable bonds is 6. The van der Waals surface area contributed by atoms with Crippen molar-refractivity contribution in [1.29, 1.82) is 0 Å². The summed E-state index contributed by atoms with van der Waals surface area (Å²) < 4.78 is 10.6. The van der Waals surface area contributed by atoms with Gasteiger partial charge in [0, 0.05) is 18.2 Å². The molecule has 22 heavy (non-hydrogen) atoms. The second-order valence-corrected chi connectivity index (χ2v) is 5.92. The molecule has 5 heteroatoms. The Balaban J connectivity index is 1.72. The lowest BCUT2D eigenvalue weighted by molar-refractivity contribution is 0.391. The number of ether oxygens (including phenoxy) is 2. The highest BCUT2D eigenvalue weighted by atomic mass is 16.5. The number of nitrogens with one attached hydrogen (secondary N) is 1. The average molecular weight is 299 g/mol. The third-order valence-electron chi connectivity index (χ3n) is 4.31. The summed E-state index contributed by atoms with van der Waals surface area (Å²) in [6.45, 7) is 2.89. The molecule has 116 valence electrons. The maximum Gasteiger partial charge on any atom is 0.149 e. The molecule has 0 saturated heterocycles. The SMILES string of the molecule is COc1ccc(CNc2cc(C3(C)CC3)cnn2)c(OC)c1. The predicted molar refractivity (Wildman–Crippen MR) is 85.5 cm³/mol. The Bertz CT molecular complexity index is 669. The van der Waals surface area contributed by atoms with E-state index in [1.54, 1.807) is 14.2 Å². The molecule has 0 radical (unpaired) electrons. The molecule has 1 aliphatic rings. The maximum atomic E-state index is 5.41. The van der Waals surface area contributed by atoms with Gasteiger partial charge in [-0.3, -0.25) is 0 Å². The highest BCUT2D eigenvalue weighted by molar-refractivity contribution is 5.45. The van der Waals surface area contributed by atoms with Gasteiger partial charge in [-0.25, -0.2) is 0 Å². The average Bonchev–Trinajstić information content (AvgIpc) is 3.32. The van der Waals surface area contributed by atoms with Gasteiger partial charge in [0.05, 0.1) is 20.4 Å². The summed E-state index contributed by atoms with van der Waals surface area (Å²) in [5, 5.41) is 11.6. The molecule has 2 aromatic rings. The molecular weight excluding hydrogens is 278 g/mol. The molecule has 0 amide bonds. The lowest BCUT2D eigenvalue weighted by atomic mass is 10.0. The second kappa shape index (κ2) is 5.83. The lowest BCUT2D eigenvalue weighted by Gasteiger charge is -2.13. The number of hydrogen-bond donors (Lipinski definition) is 1. The summed E-state index contributed by atoms with van der Waals surface area (Å²) >= 11 is 0. The Kier molecular flexibility index (Phi) is 3.88. The molecule has 1 N–H and O–H groups in total. The Labute approximate surface area is 130 Å². The van der Waals surface area contributed by atoms with Gasteiger partial charge in [0.15, 0.2) is 0 Å². The van der Waals surface area contributed by atoms with Crippen LogP contribution in [-0.2, 0) is 12.0 Å². The number of benzene rings is 1. The minimum Gasteiger partial charge on any atom is -0.497 e. The summed E-state index contributed by atoms with van der Waals surface area (Å²) in [4.78, 5) is 0. The molecule has 1 saturated carbocycles. The zero-order valence-corrected chi connectivity index (χ0v) is 13.2. The van der Waals surface area contributed by atoms with Crippen LogP contribution in [0.4, 0.5) is 5.82 Å². The summed E-state index contributed by atoms with van der Waals surface area (Å²) in [6, 6.07) is 7.89. The van der Waals surface area contributed by atoms with Crippen LogP contribution >= 0.6 is 0 Å². The van der Waals surface area contributed by atoms with Crippen molar-refractivity contribution in [1.82, 2.24) is 10.2 Å². The van der Waals surface area contributed by atoms with E-state index in [-0.39, 0.29) is 0 Å². The van der Waals surface area contributed by atoms with E-state index in [0.29, 0.717) is 12.0 Å². The molecule has 1 aromatic carbocycles. The quantitative estimate of drug-likeness (QED) is 0.888. The topological polar surface area (TPSA) is 56.3 Å². The van der Waals surface area contributed by atoms with Crippen molar-refractivity contribution in [3.8, 4) is 11.5 Å². The first kappa shape index (κ1) is 14.6. The van der Waals surface area contributed by atoms with E-state index < -0.39 is 0 Å². The largest absolute Gasteiger partial charge is 0.497 e. The monoisotopic (exact) mass is 299 g/mol. The highest BCUT2D eigenvalue weighted by Crippen LogP contribution is 2.47. The second-order valence-electron chi connectivity index (χ2n) is 5.92. The van der Waals surface area contributed by atoms with Crippen molar-refractivity contribution in [2.75, 3.05) is 19.5 Å². The van der Waals surface area contributed by atoms with Crippen molar-refractivity contribution in [3.63, 3.8) is 0 Å². The van der Waals surface area contributed by atoms with Gasteiger partial charge in [-0.05, 0) is 42.0 Å². The van der Waals surface area contributed by atoms with Crippen LogP contribution in [0.15, 0.2) is 30.5 Å². The molecule has 0 bridgehead atoms. The molecule has 0 unspecified atom stereocenters. The van der Waals surface area contributed by atoms with Crippen LogP contribution in [0.25, 0.3) is 0 Å². The third kappa shape index (κ3) is 2.98. The van der Waals surface area contributed by atoms with E-state index >= 15 is 0 Å². The van der Waals surface area contributed by atoms with Crippen LogP contribution in [-0.4, -0.2) is 24.4 Å². The zero-order chi connectivity index (χ0) is 15.6. The molecule has 1 fully saturated rings. The van der Waals surface area contributed by atoms with E-state index in [1.165, 1.54) is 18.4 Å². The summed E-state index contributed by atoms with van der Waals surface area (Å²) in [5.41, 5.74) is 2.60. The molecular formula is C17H21N3O2. The van der Waals surface area contributed by atoms with E-state index in [1.807, 2.05) is 24.4 Å². The smallest absolute Gasteiger partial charge is 0.149 e. The fourth-order valence-electron chi connectivity index (χ4n) is 2.44. The summed E-state index contributed by atoms with van der Waals surface area (Å²) in [7, 11) is 3.30. The molecule has 0 spiro atoms.